The van der Waals surface area contributed by atoms with Crippen molar-refractivity contribution in [2.24, 2.45) is 0 Å². The summed E-state index contributed by atoms with van der Waals surface area (Å²) in [4.78, 5) is 2.07. The Balaban J connectivity index is 2.19. The number of anilines is 2. The summed E-state index contributed by atoms with van der Waals surface area (Å²) in [6.45, 7) is 2.91. The summed E-state index contributed by atoms with van der Waals surface area (Å²) in [7, 11) is 1.99. The minimum absolute atomic E-state index is 0.609. The summed E-state index contributed by atoms with van der Waals surface area (Å²) >= 11 is 0. The van der Waals surface area contributed by atoms with Gasteiger partial charge >= 0.3 is 0 Å². The first-order chi connectivity index (χ1) is 9.63. The first-order valence-electron chi connectivity index (χ1n) is 6.72. The third-order valence-corrected chi connectivity index (χ3v) is 3.40. The Morgan fingerprint density at radius 3 is 2.35 bits per heavy atom. The van der Waals surface area contributed by atoms with Gasteiger partial charge in [0, 0.05) is 19.3 Å². The molecule has 0 radical (unpaired) electrons. The van der Waals surface area contributed by atoms with Crippen LogP contribution in [0, 0.1) is 11.3 Å². The van der Waals surface area contributed by atoms with Crippen LogP contribution < -0.4 is 10.6 Å². The van der Waals surface area contributed by atoms with E-state index in [2.05, 4.69) is 42.2 Å². The third-order valence-electron chi connectivity index (χ3n) is 3.40. The highest BCUT2D eigenvalue weighted by molar-refractivity contribution is 5.64. The van der Waals surface area contributed by atoms with E-state index in [9.17, 15) is 5.26 Å². The summed E-state index contributed by atoms with van der Waals surface area (Å²) in [6, 6.07) is 16.2. The molecule has 0 heterocycles. The number of nitriles is 1. The van der Waals surface area contributed by atoms with Gasteiger partial charge in [-0.05, 0) is 35.7 Å². The molecular weight excluding hydrogens is 246 g/mol. The lowest BCUT2D eigenvalue weighted by Crippen LogP contribution is -2.17. The second kappa shape index (κ2) is 6.12. The van der Waals surface area contributed by atoms with Crippen LogP contribution in [0.3, 0.4) is 0 Å². The zero-order valence-electron chi connectivity index (χ0n) is 11.9. The van der Waals surface area contributed by atoms with E-state index in [4.69, 9.17) is 5.73 Å². The standard InChI is InChI=1S/C17H19N3/c1-3-13-4-6-14(7-5-13)12-20(2)17-9-8-16(19)10-15(17)11-18/h4-10H,3,12,19H2,1-2H3. The molecule has 0 fully saturated rings. The quantitative estimate of drug-likeness (QED) is 0.863. The van der Waals surface area contributed by atoms with Crippen molar-refractivity contribution >= 4 is 11.4 Å². The fourth-order valence-electron chi connectivity index (χ4n) is 2.22. The van der Waals surface area contributed by atoms with Crippen LogP contribution in [0.4, 0.5) is 11.4 Å². The van der Waals surface area contributed by atoms with Crippen molar-refractivity contribution < 1.29 is 0 Å². The molecule has 0 spiro atoms. The lowest BCUT2D eigenvalue weighted by atomic mass is 10.1. The fourth-order valence-corrected chi connectivity index (χ4v) is 2.22. The maximum atomic E-state index is 9.19. The molecule has 0 amide bonds. The van der Waals surface area contributed by atoms with Gasteiger partial charge in [-0.15, -0.1) is 0 Å². The van der Waals surface area contributed by atoms with Crippen molar-refractivity contribution in [1.82, 2.24) is 0 Å². The average molecular weight is 265 g/mol. The predicted molar refractivity (Wildman–Crippen MR) is 83.5 cm³/mol. The molecule has 2 N–H and O–H groups in total. The minimum atomic E-state index is 0.609. The van der Waals surface area contributed by atoms with E-state index in [1.807, 2.05) is 19.2 Å². The SMILES string of the molecule is CCc1ccc(CN(C)c2ccc(N)cc2C#N)cc1. The van der Waals surface area contributed by atoms with Gasteiger partial charge in [0.25, 0.3) is 0 Å². The van der Waals surface area contributed by atoms with Crippen LogP contribution in [0.5, 0.6) is 0 Å². The van der Waals surface area contributed by atoms with Crippen LogP contribution in [-0.4, -0.2) is 7.05 Å². The van der Waals surface area contributed by atoms with E-state index >= 15 is 0 Å². The van der Waals surface area contributed by atoms with Crippen molar-refractivity contribution in [3.63, 3.8) is 0 Å². The smallest absolute Gasteiger partial charge is 0.101 e. The molecule has 0 aromatic heterocycles. The summed E-state index contributed by atoms with van der Waals surface area (Å²) < 4.78 is 0. The van der Waals surface area contributed by atoms with Crippen molar-refractivity contribution in [2.75, 3.05) is 17.7 Å². The van der Waals surface area contributed by atoms with Gasteiger partial charge in [-0.1, -0.05) is 31.2 Å². The molecule has 0 saturated carbocycles. The van der Waals surface area contributed by atoms with Gasteiger partial charge in [-0.2, -0.15) is 5.26 Å². The number of nitrogens with zero attached hydrogens (tertiary/aromatic N) is 2. The van der Waals surface area contributed by atoms with Crippen LogP contribution in [0.25, 0.3) is 0 Å². The van der Waals surface area contributed by atoms with Crippen LogP contribution >= 0.6 is 0 Å². The zero-order chi connectivity index (χ0) is 14.5. The van der Waals surface area contributed by atoms with Crippen molar-refractivity contribution in [1.29, 1.82) is 5.26 Å². The maximum Gasteiger partial charge on any atom is 0.101 e. The lowest BCUT2D eigenvalue weighted by molar-refractivity contribution is 0.919. The van der Waals surface area contributed by atoms with Gasteiger partial charge in [0.2, 0.25) is 0 Å². The molecule has 0 aliphatic rings. The Kier molecular flexibility index (Phi) is 4.27. The molecule has 2 aromatic rings. The number of hydrogen-bond acceptors (Lipinski definition) is 3. The number of rotatable bonds is 4. The first kappa shape index (κ1) is 14.0. The monoisotopic (exact) mass is 265 g/mol. The minimum Gasteiger partial charge on any atom is -0.399 e. The molecule has 3 heteroatoms. The van der Waals surface area contributed by atoms with Gasteiger partial charge in [0.05, 0.1) is 11.3 Å². The molecule has 20 heavy (non-hydrogen) atoms. The van der Waals surface area contributed by atoms with E-state index in [1.165, 1.54) is 11.1 Å². The van der Waals surface area contributed by atoms with E-state index in [0.717, 1.165) is 18.7 Å². The topological polar surface area (TPSA) is 53.0 Å². The number of aryl methyl sites for hydroxylation is 1. The van der Waals surface area contributed by atoms with E-state index in [-0.39, 0.29) is 0 Å². The predicted octanol–water partition coefficient (Wildman–Crippen LogP) is 3.34. The molecule has 0 saturated heterocycles. The molecule has 0 aliphatic heterocycles. The van der Waals surface area contributed by atoms with E-state index < -0.39 is 0 Å². The maximum absolute atomic E-state index is 9.19. The lowest BCUT2D eigenvalue weighted by Gasteiger charge is -2.21. The van der Waals surface area contributed by atoms with Crippen molar-refractivity contribution in [2.45, 2.75) is 19.9 Å². The van der Waals surface area contributed by atoms with Crippen LogP contribution in [0.2, 0.25) is 0 Å². The number of nitrogens with two attached hydrogens (primary N) is 1. The summed E-state index contributed by atoms with van der Waals surface area (Å²) in [5.74, 6) is 0. The molecule has 0 atom stereocenters. The normalized spacial score (nSPS) is 10.1. The molecule has 102 valence electrons. The number of benzene rings is 2. The molecule has 2 aromatic carbocycles. The molecule has 2 rings (SSSR count). The molecule has 0 bridgehead atoms. The highest BCUT2D eigenvalue weighted by Crippen LogP contribution is 2.23. The third kappa shape index (κ3) is 3.10. The summed E-state index contributed by atoms with van der Waals surface area (Å²) in [5, 5.41) is 9.19. The van der Waals surface area contributed by atoms with Crippen LogP contribution in [0.15, 0.2) is 42.5 Å². The van der Waals surface area contributed by atoms with Crippen molar-refractivity contribution in [3.8, 4) is 6.07 Å². The Bertz CT molecular complexity index is 624. The van der Waals surface area contributed by atoms with Crippen LogP contribution in [0.1, 0.15) is 23.6 Å². The highest BCUT2D eigenvalue weighted by Gasteiger charge is 2.08. The van der Waals surface area contributed by atoms with Gasteiger partial charge in [-0.3, -0.25) is 0 Å². The van der Waals surface area contributed by atoms with E-state index in [0.29, 0.717) is 11.3 Å². The van der Waals surface area contributed by atoms with Gasteiger partial charge in [0.15, 0.2) is 0 Å². The Labute approximate surface area is 120 Å². The van der Waals surface area contributed by atoms with Crippen molar-refractivity contribution in [3.05, 3.63) is 59.2 Å². The molecular formula is C17H19N3. The fraction of sp³-hybridized carbons (Fsp3) is 0.235. The molecule has 0 aliphatic carbocycles. The zero-order valence-corrected chi connectivity index (χ0v) is 11.9. The molecule has 0 unspecified atom stereocenters. The van der Waals surface area contributed by atoms with Gasteiger partial charge < -0.3 is 10.6 Å². The Hall–Kier alpha value is -2.47. The first-order valence-corrected chi connectivity index (χ1v) is 6.72. The Morgan fingerprint density at radius 1 is 1.10 bits per heavy atom. The number of nitrogen functional groups attached to an aromatic ring is 1. The van der Waals surface area contributed by atoms with Gasteiger partial charge in [-0.25, -0.2) is 0 Å². The summed E-state index contributed by atoms with van der Waals surface area (Å²) in [6.07, 6.45) is 1.05. The highest BCUT2D eigenvalue weighted by atomic mass is 15.1. The van der Waals surface area contributed by atoms with Crippen LogP contribution in [-0.2, 0) is 13.0 Å². The second-order valence-electron chi connectivity index (χ2n) is 4.91. The number of hydrogen-bond donors (Lipinski definition) is 1. The molecule has 3 nitrogen and oxygen atoms in total. The second-order valence-corrected chi connectivity index (χ2v) is 4.91. The Morgan fingerprint density at radius 2 is 1.75 bits per heavy atom. The average Bonchev–Trinajstić information content (AvgIpc) is 2.47. The summed E-state index contributed by atoms with van der Waals surface area (Å²) in [5.41, 5.74) is 10.4. The van der Waals surface area contributed by atoms with Gasteiger partial charge in [0.1, 0.15) is 6.07 Å². The largest absolute Gasteiger partial charge is 0.399 e. The van der Waals surface area contributed by atoms with E-state index in [1.54, 1.807) is 6.07 Å².